The summed E-state index contributed by atoms with van der Waals surface area (Å²) in [7, 11) is 0. The zero-order valence-corrected chi connectivity index (χ0v) is 9.97. The molecule has 0 fully saturated rings. The number of nitrogens with zero attached hydrogens (tertiary/aromatic N) is 1. The lowest BCUT2D eigenvalue weighted by molar-refractivity contribution is -0.140. The fourth-order valence-electron chi connectivity index (χ4n) is 1.28. The van der Waals surface area contributed by atoms with Gasteiger partial charge in [-0.3, -0.25) is 9.59 Å². The Hall–Kier alpha value is -1.79. The van der Waals surface area contributed by atoms with Crippen LogP contribution in [0.4, 0.5) is 4.79 Å². The van der Waals surface area contributed by atoms with Crippen LogP contribution in [0.3, 0.4) is 0 Å². The largest absolute Gasteiger partial charge is 0.480 e. The Kier molecular flexibility index (Phi) is 6.69. The van der Waals surface area contributed by atoms with Gasteiger partial charge in [0.05, 0.1) is 0 Å². The van der Waals surface area contributed by atoms with Crippen LogP contribution in [0.25, 0.3) is 0 Å². The molecule has 0 aromatic carbocycles. The van der Waals surface area contributed by atoms with Crippen LogP contribution in [0, 0.1) is 0 Å². The molecule has 0 bridgehead atoms. The van der Waals surface area contributed by atoms with E-state index in [0.29, 0.717) is 12.8 Å². The van der Waals surface area contributed by atoms with Crippen LogP contribution >= 0.6 is 0 Å². The summed E-state index contributed by atoms with van der Waals surface area (Å²) in [4.78, 5) is 33.4. The predicted molar refractivity (Wildman–Crippen MR) is 59.7 cm³/mol. The lowest BCUT2D eigenvalue weighted by Gasteiger charge is -2.22. The molecule has 0 atom stereocenters. The van der Waals surface area contributed by atoms with Crippen molar-refractivity contribution in [1.29, 1.82) is 0 Å². The highest BCUT2D eigenvalue weighted by Crippen LogP contribution is 1.99. The average molecular weight is 246 g/mol. The van der Waals surface area contributed by atoms with Crippen LogP contribution in [0.1, 0.15) is 26.7 Å². The molecule has 7 heteroatoms. The average Bonchev–Trinajstić information content (AvgIpc) is 2.23. The van der Waals surface area contributed by atoms with E-state index in [9.17, 15) is 14.4 Å². The predicted octanol–water partition coefficient (Wildman–Crippen LogP) is 0.356. The lowest BCUT2D eigenvalue weighted by atomic mass is 10.2. The summed E-state index contributed by atoms with van der Waals surface area (Å²) in [6, 6.07) is -0.740. The molecule has 0 saturated carbocycles. The van der Waals surface area contributed by atoms with Crippen LogP contribution in [-0.2, 0) is 9.59 Å². The molecule has 0 aliphatic rings. The van der Waals surface area contributed by atoms with Gasteiger partial charge in [0.2, 0.25) is 0 Å². The van der Waals surface area contributed by atoms with Crippen molar-refractivity contribution in [2.45, 2.75) is 32.7 Å². The number of nitrogens with one attached hydrogen (secondary N) is 1. The quantitative estimate of drug-likeness (QED) is 0.601. The maximum atomic E-state index is 11.6. The highest BCUT2D eigenvalue weighted by Gasteiger charge is 2.20. The molecule has 0 unspecified atom stereocenters. The number of rotatable bonds is 7. The molecule has 0 aromatic rings. The van der Waals surface area contributed by atoms with E-state index in [-0.39, 0.29) is 6.04 Å². The number of hydrogen-bond donors (Lipinski definition) is 3. The minimum Gasteiger partial charge on any atom is -0.480 e. The molecule has 0 spiro atoms. The van der Waals surface area contributed by atoms with Crippen LogP contribution in [0.15, 0.2) is 0 Å². The SMILES string of the molecule is CCC(CC)NC(=O)N(CC(=O)O)CC(=O)O. The van der Waals surface area contributed by atoms with Crippen LogP contribution < -0.4 is 5.32 Å². The van der Waals surface area contributed by atoms with Gasteiger partial charge in [0.1, 0.15) is 13.1 Å². The number of hydrogen-bond acceptors (Lipinski definition) is 3. The number of carboxylic acids is 2. The van der Waals surface area contributed by atoms with Gasteiger partial charge in [0, 0.05) is 6.04 Å². The number of amides is 2. The van der Waals surface area contributed by atoms with Crippen LogP contribution in [0.5, 0.6) is 0 Å². The van der Waals surface area contributed by atoms with E-state index in [2.05, 4.69) is 5.32 Å². The summed E-state index contributed by atoms with van der Waals surface area (Å²) in [5.74, 6) is -2.49. The Bertz CT molecular complexity index is 272. The maximum absolute atomic E-state index is 11.6. The summed E-state index contributed by atoms with van der Waals surface area (Å²) in [6.45, 7) is 2.51. The van der Waals surface area contributed by atoms with Crippen molar-refractivity contribution in [2.75, 3.05) is 13.1 Å². The number of urea groups is 1. The zero-order chi connectivity index (χ0) is 13.4. The normalized spacial score (nSPS) is 10.1. The van der Waals surface area contributed by atoms with Gasteiger partial charge >= 0.3 is 18.0 Å². The van der Waals surface area contributed by atoms with Gasteiger partial charge in [-0.2, -0.15) is 0 Å². The Labute approximate surface area is 99.4 Å². The van der Waals surface area contributed by atoms with E-state index in [1.165, 1.54) is 0 Å². The molecule has 0 aliphatic carbocycles. The molecule has 7 nitrogen and oxygen atoms in total. The molecule has 0 radical (unpaired) electrons. The second kappa shape index (κ2) is 7.48. The highest BCUT2D eigenvalue weighted by atomic mass is 16.4. The van der Waals surface area contributed by atoms with Crippen molar-refractivity contribution in [1.82, 2.24) is 10.2 Å². The maximum Gasteiger partial charge on any atom is 0.323 e. The fraction of sp³-hybridized carbons (Fsp3) is 0.700. The monoisotopic (exact) mass is 246 g/mol. The van der Waals surface area contributed by atoms with E-state index in [4.69, 9.17) is 10.2 Å². The molecule has 0 saturated heterocycles. The third-order valence-electron chi connectivity index (χ3n) is 2.25. The van der Waals surface area contributed by atoms with Gasteiger partial charge in [0.15, 0.2) is 0 Å². The van der Waals surface area contributed by atoms with E-state index in [0.717, 1.165) is 4.90 Å². The highest BCUT2D eigenvalue weighted by molar-refractivity contribution is 5.84. The van der Waals surface area contributed by atoms with Crippen LogP contribution in [0.2, 0.25) is 0 Å². The number of carbonyl (C=O) groups is 3. The Morgan fingerprint density at radius 1 is 1.06 bits per heavy atom. The van der Waals surface area contributed by atoms with Gasteiger partial charge in [-0.25, -0.2) is 4.79 Å². The van der Waals surface area contributed by atoms with Crippen LogP contribution in [-0.4, -0.2) is 52.2 Å². The number of carboxylic acid groups (broad SMARTS) is 2. The lowest BCUT2D eigenvalue weighted by Crippen LogP contribution is -2.48. The second-order valence-electron chi connectivity index (χ2n) is 3.61. The Morgan fingerprint density at radius 2 is 1.47 bits per heavy atom. The van der Waals surface area contributed by atoms with Crippen molar-refractivity contribution in [2.24, 2.45) is 0 Å². The first-order valence-electron chi connectivity index (χ1n) is 5.39. The minimum atomic E-state index is -1.24. The van der Waals surface area contributed by atoms with E-state index < -0.39 is 31.1 Å². The second-order valence-corrected chi connectivity index (χ2v) is 3.61. The van der Waals surface area contributed by atoms with Gasteiger partial charge in [-0.05, 0) is 12.8 Å². The third kappa shape index (κ3) is 6.39. The first-order chi connectivity index (χ1) is 7.90. The molecule has 3 N–H and O–H groups in total. The number of carbonyl (C=O) groups excluding carboxylic acids is 1. The first kappa shape index (κ1) is 15.2. The molecule has 98 valence electrons. The molecular formula is C10H18N2O5. The molecular weight excluding hydrogens is 228 g/mol. The van der Waals surface area contributed by atoms with E-state index >= 15 is 0 Å². The van der Waals surface area contributed by atoms with Crippen molar-refractivity contribution < 1.29 is 24.6 Å². The smallest absolute Gasteiger partial charge is 0.323 e. The van der Waals surface area contributed by atoms with Gasteiger partial charge in [-0.1, -0.05) is 13.8 Å². The zero-order valence-electron chi connectivity index (χ0n) is 9.97. The molecule has 0 aliphatic heterocycles. The molecule has 0 rings (SSSR count). The summed E-state index contributed by atoms with van der Waals surface area (Å²) < 4.78 is 0. The summed E-state index contributed by atoms with van der Waals surface area (Å²) >= 11 is 0. The fourth-order valence-corrected chi connectivity index (χ4v) is 1.28. The van der Waals surface area contributed by atoms with Gasteiger partial charge in [0.25, 0.3) is 0 Å². The van der Waals surface area contributed by atoms with E-state index in [1.54, 1.807) is 0 Å². The third-order valence-corrected chi connectivity index (χ3v) is 2.25. The molecule has 0 heterocycles. The van der Waals surface area contributed by atoms with Crippen molar-refractivity contribution in [3.05, 3.63) is 0 Å². The van der Waals surface area contributed by atoms with Crippen molar-refractivity contribution >= 4 is 18.0 Å². The summed E-state index contributed by atoms with van der Waals surface area (Å²) in [6.07, 6.45) is 1.41. The minimum absolute atomic E-state index is 0.0763. The number of aliphatic carboxylic acids is 2. The molecule has 0 aromatic heterocycles. The van der Waals surface area contributed by atoms with Gasteiger partial charge < -0.3 is 20.4 Å². The molecule has 2 amide bonds. The Morgan fingerprint density at radius 3 is 1.76 bits per heavy atom. The van der Waals surface area contributed by atoms with Gasteiger partial charge in [-0.15, -0.1) is 0 Å². The topological polar surface area (TPSA) is 107 Å². The van der Waals surface area contributed by atoms with Crippen molar-refractivity contribution in [3.8, 4) is 0 Å². The van der Waals surface area contributed by atoms with E-state index in [1.807, 2.05) is 13.8 Å². The first-order valence-corrected chi connectivity index (χ1v) is 5.39. The standard InChI is InChI=1S/C10H18N2O5/c1-3-7(4-2)11-10(17)12(5-8(13)14)6-9(15)16/h7H,3-6H2,1-2H3,(H,11,17)(H,13,14)(H,15,16). The Balaban J connectivity index is 4.50. The summed E-state index contributed by atoms with van der Waals surface area (Å²) in [5.41, 5.74) is 0. The summed E-state index contributed by atoms with van der Waals surface area (Å²) in [5, 5.41) is 19.7. The van der Waals surface area contributed by atoms with Crippen molar-refractivity contribution in [3.63, 3.8) is 0 Å². The molecule has 17 heavy (non-hydrogen) atoms.